The second-order valence-electron chi connectivity index (χ2n) is 8.83. The number of amides is 2. The number of nitrogens with zero attached hydrogens (tertiary/aromatic N) is 2. The number of ether oxygens (including phenoxy) is 2. The Morgan fingerprint density at radius 3 is 2.34 bits per heavy atom. The lowest BCUT2D eigenvalue weighted by Gasteiger charge is -2.25. The summed E-state index contributed by atoms with van der Waals surface area (Å²) >= 11 is 0. The molecule has 0 aromatic heterocycles. The van der Waals surface area contributed by atoms with Crippen LogP contribution in [-0.4, -0.2) is 42.2 Å². The number of carbonyl (C=O) groups excluding carboxylic acids is 4. The molecule has 0 bridgehead atoms. The molecule has 0 N–H and O–H groups in total. The van der Waals surface area contributed by atoms with Gasteiger partial charge in [0.05, 0.1) is 35.1 Å². The molecule has 2 fully saturated rings. The summed E-state index contributed by atoms with van der Waals surface area (Å²) in [6, 6.07) is 9.55. The highest BCUT2D eigenvalue weighted by Crippen LogP contribution is 2.42. The summed E-state index contributed by atoms with van der Waals surface area (Å²) in [5, 5.41) is 11.1. The molecule has 1 saturated heterocycles. The van der Waals surface area contributed by atoms with E-state index in [1.165, 1.54) is 48.4 Å². The van der Waals surface area contributed by atoms with E-state index in [4.69, 9.17) is 9.47 Å². The number of Topliss-reactive ketones (excluding diaryl/α,β-unsaturated/α-hetero) is 1. The predicted molar refractivity (Wildman–Crippen MR) is 123 cm³/mol. The van der Waals surface area contributed by atoms with Gasteiger partial charge in [0.25, 0.3) is 0 Å². The Labute approximate surface area is 201 Å². The fourth-order valence-corrected chi connectivity index (χ4v) is 4.69. The quantitative estimate of drug-likeness (QED) is 0.193. The predicted octanol–water partition coefficient (Wildman–Crippen LogP) is 3.57. The molecule has 35 heavy (non-hydrogen) atoms. The van der Waals surface area contributed by atoms with Crippen LogP contribution < -0.4 is 9.64 Å². The number of esters is 1. The van der Waals surface area contributed by atoms with E-state index in [1.807, 2.05) is 0 Å². The first-order valence-corrected chi connectivity index (χ1v) is 11.2. The molecule has 2 amide bonds. The molecule has 1 aliphatic carbocycles. The lowest BCUT2D eigenvalue weighted by molar-refractivity contribution is -0.385. The van der Waals surface area contributed by atoms with Gasteiger partial charge < -0.3 is 9.47 Å². The summed E-state index contributed by atoms with van der Waals surface area (Å²) in [5.74, 6) is -1.99. The summed E-state index contributed by atoms with van der Waals surface area (Å²) in [4.78, 5) is 62.1. The van der Waals surface area contributed by atoms with Crippen LogP contribution in [0.15, 0.2) is 42.5 Å². The van der Waals surface area contributed by atoms with Crippen LogP contribution in [0.4, 0.5) is 11.4 Å². The van der Waals surface area contributed by atoms with Gasteiger partial charge in [-0.25, -0.2) is 4.79 Å². The van der Waals surface area contributed by atoms with Crippen LogP contribution in [0.5, 0.6) is 5.75 Å². The van der Waals surface area contributed by atoms with Crippen LogP contribution in [0.25, 0.3) is 0 Å². The van der Waals surface area contributed by atoms with Crippen LogP contribution in [0.3, 0.4) is 0 Å². The first kappa shape index (κ1) is 24.1. The molecule has 10 heteroatoms. The maximum Gasteiger partial charge on any atom is 0.338 e. The fraction of sp³-hybridized carbons (Fsp3) is 0.360. The van der Waals surface area contributed by atoms with Crippen molar-refractivity contribution in [2.24, 2.45) is 17.8 Å². The number of hydrogen-bond acceptors (Lipinski definition) is 8. The molecule has 4 rings (SSSR count). The molecule has 1 heterocycles. The standard InChI is InChI=1S/C25H24N2O8/c1-14-3-9-18-19(11-14)24(30)26(23(18)29)17-7-4-15(5-8-17)25(31)35-13-21(28)16-6-10-22(34-2)20(12-16)27(32)33/h4-8,10,12,14,18-19H,3,9,11,13H2,1-2H3/t14-,18+,19+/m0/s1. The van der Waals surface area contributed by atoms with E-state index in [2.05, 4.69) is 6.92 Å². The average Bonchev–Trinajstić information content (AvgIpc) is 3.10. The molecule has 1 saturated carbocycles. The third-order valence-electron chi connectivity index (χ3n) is 6.58. The number of anilines is 1. The molecule has 0 radical (unpaired) electrons. The maximum absolute atomic E-state index is 12.9. The summed E-state index contributed by atoms with van der Waals surface area (Å²) in [7, 11) is 1.28. The normalized spacial score (nSPS) is 21.4. The zero-order valence-corrected chi connectivity index (χ0v) is 19.3. The molecular weight excluding hydrogens is 456 g/mol. The van der Waals surface area contributed by atoms with E-state index in [1.54, 1.807) is 0 Å². The van der Waals surface area contributed by atoms with E-state index in [-0.39, 0.29) is 46.2 Å². The molecule has 2 aliphatic rings. The zero-order chi connectivity index (χ0) is 25.3. The molecule has 1 aliphatic heterocycles. The van der Waals surface area contributed by atoms with Crippen molar-refractivity contribution in [2.75, 3.05) is 18.6 Å². The fourth-order valence-electron chi connectivity index (χ4n) is 4.69. The van der Waals surface area contributed by atoms with Crippen molar-refractivity contribution in [3.05, 3.63) is 63.7 Å². The molecule has 10 nitrogen and oxygen atoms in total. The van der Waals surface area contributed by atoms with Crippen LogP contribution in [0.1, 0.15) is 46.9 Å². The van der Waals surface area contributed by atoms with Gasteiger partial charge in [0.15, 0.2) is 12.4 Å². The number of nitro groups is 1. The number of imide groups is 1. The number of hydrogen-bond donors (Lipinski definition) is 0. The van der Waals surface area contributed by atoms with Gasteiger partial charge in [0, 0.05) is 11.6 Å². The van der Waals surface area contributed by atoms with Gasteiger partial charge in [0.2, 0.25) is 17.6 Å². The van der Waals surface area contributed by atoms with Crippen molar-refractivity contribution in [1.82, 2.24) is 0 Å². The van der Waals surface area contributed by atoms with Gasteiger partial charge in [0.1, 0.15) is 0 Å². The Balaban J connectivity index is 1.40. The van der Waals surface area contributed by atoms with Crippen molar-refractivity contribution < 1.29 is 33.6 Å². The number of carbonyl (C=O) groups is 4. The molecule has 0 spiro atoms. The minimum atomic E-state index is -0.783. The minimum Gasteiger partial charge on any atom is -0.490 e. The van der Waals surface area contributed by atoms with Crippen LogP contribution in [-0.2, 0) is 14.3 Å². The van der Waals surface area contributed by atoms with Gasteiger partial charge in [-0.3, -0.25) is 29.4 Å². The Bertz CT molecular complexity index is 1210. The van der Waals surface area contributed by atoms with Crippen molar-refractivity contribution in [3.63, 3.8) is 0 Å². The molecule has 2 aromatic carbocycles. The first-order valence-electron chi connectivity index (χ1n) is 11.2. The van der Waals surface area contributed by atoms with E-state index in [9.17, 15) is 29.3 Å². The van der Waals surface area contributed by atoms with Crippen molar-refractivity contribution in [3.8, 4) is 5.75 Å². The second kappa shape index (κ2) is 9.65. The first-order chi connectivity index (χ1) is 16.7. The minimum absolute atomic E-state index is 0.00231. The number of fused-ring (bicyclic) bond motifs is 1. The lowest BCUT2D eigenvalue weighted by atomic mass is 9.76. The largest absolute Gasteiger partial charge is 0.490 e. The molecule has 0 unspecified atom stereocenters. The Kier molecular flexibility index (Phi) is 6.63. The third kappa shape index (κ3) is 4.64. The number of nitro benzene ring substituents is 1. The van der Waals surface area contributed by atoms with E-state index >= 15 is 0 Å². The number of ketones is 1. The van der Waals surface area contributed by atoms with Gasteiger partial charge in [-0.05, 0) is 61.6 Å². The molecule has 2 aromatic rings. The summed E-state index contributed by atoms with van der Waals surface area (Å²) in [5.41, 5.74) is 0.149. The van der Waals surface area contributed by atoms with E-state index in [0.717, 1.165) is 12.5 Å². The topological polar surface area (TPSA) is 133 Å². The summed E-state index contributed by atoms with van der Waals surface area (Å²) in [6.07, 6.45) is 2.31. The van der Waals surface area contributed by atoms with Crippen molar-refractivity contribution in [2.45, 2.75) is 26.2 Å². The van der Waals surface area contributed by atoms with Crippen LogP contribution in [0, 0.1) is 27.9 Å². The zero-order valence-electron chi connectivity index (χ0n) is 19.3. The average molecular weight is 480 g/mol. The van der Waals surface area contributed by atoms with Crippen molar-refractivity contribution in [1.29, 1.82) is 0 Å². The summed E-state index contributed by atoms with van der Waals surface area (Å²) in [6.45, 7) is 1.46. The molecule has 182 valence electrons. The number of methoxy groups -OCH3 is 1. The van der Waals surface area contributed by atoms with Gasteiger partial charge in [-0.1, -0.05) is 6.92 Å². The third-order valence-corrected chi connectivity index (χ3v) is 6.58. The summed E-state index contributed by atoms with van der Waals surface area (Å²) < 4.78 is 9.97. The van der Waals surface area contributed by atoms with Crippen LogP contribution >= 0.6 is 0 Å². The van der Waals surface area contributed by atoms with Gasteiger partial charge in [-0.15, -0.1) is 0 Å². The Morgan fingerprint density at radius 2 is 1.69 bits per heavy atom. The maximum atomic E-state index is 12.9. The van der Waals surface area contributed by atoms with Gasteiger partial charge in [-0.2, -0.15) is 0 Å². The number of benzene rings is 2. The van der Waals surface area contributed by atoms with Gasteiger partial charge >= 0.3 is 11.7 Å². The highest BCUT2D eigenvalue weighted by atomic mass is 16.6. The highest BCUT2D eigenvalue weighted by molar-refractivity contribution is 6.22. The van der Waals surface area contributed by atoms with Crippen LogP contribution in [0.2, 0.25) is 0 Å². The second-order valence-corrected chi connectivity index (χ2v) is 8.83. The molecule has 3 atom stereocenters. The van der Waals surface area contributed by atoms with Crippen molar-refractivity contribution >= 4 is 34.9 Å². The Morgan fingerprint density at radius 1 is 1.03 bits per heavy atom. The van der Waals surface area contributed by atoms with E-state index < -0.39 is 23.3 Å². The Hall–Kier alpha value is -4.08. The highest BCUT2D eigenvalue weighted by Gasteiger charge is 2.49. The molecular formula is C25H24N2O8. The monoisotopic (exact) mass is 480 g/mol. The van der Waals surface area contributed by atoms with E-state index in [0.29, 0.717) is 24.4 Å². The number of rotatable bonds is 7. The smallest absolute Gasteiger partial charge is 0.338 e. The lowest BCUT2D eigenvalue weighted by Crippen LogP contribution is -2.30. The SMILES string of the molecule is COc1ccc(C(=O)COC(=O)c2ccc(N3C(=O)[C@@H]4CC[C@H](C)C[C@H]4C3=O)cc2)cc1[N+](=O)[O-].